The molecule has 0 fully saturated rings. The van der Waals surface area contributed by atoms with Crippen LogP contribution in [-0.2, 0) is 4.74 Å². The first kappa shape index (κ1) is 23.4. The first-order valence-corrected chi connectivity index (χ1v) is 9.14. The first-order valence-electron chi connectivity index (χ1n) is 8.32. The number of nitrogens with zero attached hydrogens (tertiary/aromatic N) is 1. The van der Waals surface area contributed by atoms with Crippen LogP contribution < -0.4 is 5.32 Å². The number of thiocyanates is 1. The van der Waals surface area contributed by atoms with Gasteiger partial charge in [0.25, 0.3) is 5.91 Å². The zero-order chi connectivity index (χ0) is 18.9. The second-order valence-electron chi connectivity index (χ2n) is 5.34. The van der Waals surface area contributed by atoms with Gasteiger partial charge in [-0.1, -0.05) is 20.3 Å². The third-order valence-electron chi connectivity index (χ3n) is 3.36. The second-order valence-corrected chi connectivity index (χ2v) is 6.19. The highest BCUT2D eigenvalue weighted by Crippen LogP contribution is 2.16. The maximum absolute atomic E-state index is 11.4. The van der Waals surface area contributed by atoms with E-state index in [1.807, 2.05) is 5.40 Å². The van der Waals surface area contributed by atoms with Crippen molar-refractivity contribution < 1.29 is 19.7 Å². The van der Waals surface area contributed by atoms with Gasteiger partial charge in [-0.25, -0.2) is 0 Å². The Morgan fingerprint density at radius 2 is 1.96 bits per heavy atom. The van der Waals surface area contributed by atoms with Crippen molar-refractivity contribution >= 4 is 17.7 Å². The van der Waals surface area contributed by atoms with E-state index in [-0.39, 0.29) is 25.7 Å². The number of aliphatic hydroxyl groups excluding tert-OH is 2. The molecule has 1 amide bonds. The predicted molar refractivity (Wildman–Crippen MR) is 99.3 cm³/mol. The molecule has 1 aromatic carbocycles. The van der Waals surface area contributed by atoms with Crippen molar-refractivity contribution in [3.05, 3.63) is 29.8 Å². The molecule has 0 radical (unpaired) electrons. The van der Waals surface area contributed by atoms with Gasteiger partial charge in [-0.05, 0) is 48.4 Å². The van der Waals surface area contributed by atoms with Gasteiger partial charge in [-0.15, -0.1) is 0 Å². The molecule has 0 spiro atoms. The fourth-order valence-corrected chi connectivity index (χ4v) is 2.03. The molecular weight excluding hydrogens is 340 g/mol. The van der Waals surface area contributed by atoms with Gasteiger partial charge in [0.2, 0.25) is 0 Å². The van der Waals surface area contributed by atoms with Crippen LogP contribution in [0.1, 0.15) is 37.0 Å². The first-order chi connectivity index (χ1) is 12.1. The van der Waals surface area contributed by atoms with Gasteiger partial charge in [0.1, 0.15) is 5.40 Å². The summed E-state index contributed by atoms with van der Waals surface area (Å²) in [5.41, 5.74) is 0.519. The van der Waals surface area contributed by atoms with Crippen molar-refractivity contribution in [3.8, 4) is 5.40 Å². The van der Waals surface area contributed by atoms with E-state index in [4.69, 9.17) is 20.2 Å². The molecule has 0 aliphatic heterocycles. The predicted octanol–water partition coefficient (Wildman–Crippen LogP) is 2.41. The number of thioether (sulfide) groups is 1. The minimum atomic E-state index is -0.224. The van der Waals surface area contributed by atoms with Gasteiger partial charge in [-0.3, -0.25) is 4.79 Å². The SMILES string of the molecule is CCC(C)CCOCCO.N#CSc1ccc(C(=O)NCCO)cc1. The Morgan fingerprint density at radius 3 is 2.48 bits per heavy atom. The minimum Gasteiger partial charge on any atom is -0.395 e. The molecule has 6 nitrogen and oxygen atoms in total. The van der Waals surface area contributed by atoms with Crippen molar-refractivity contribution in [1.82, 2.24) is 5.32 Å². The highest BCUT2D eigenvalue weighted by atomic mass is 32.2. The Kier molecular flexibility index (Phi) is 14.9. The van der Waals surface area contributed by atoms with E-state index in [1.165, 1.54) is 6.42 Å². The average molecular weight is 368 g/mol. The quantitative estimate of drug-likeness (QED) is 0.333. The molecule has 25 heavy (non-hydrogen) atoms. The number of benzene rings is 1. The summed E-state index contributed by atoms with van der Waals surface area (Å²) in [7, 11) is 0. The number of aliphatic hydroxyl groups is 2. The molecule has 0 saturated heterocycles. The molecular formula is C18H28N2O4S. The van der Waals surface area contributed by atoms with Crippen LogP contribution in [0.5, 0.6) is 0 Å². The molecule has 0 aromatic heterocycles. The zero-order valence-corrected chi connectivity index (χ0v) is 15.7. The standard InChI is InChI=1S/C10H10N2O2S.C8H18O2/c11-7-15-9-3-1-8(2-4-9)10(14)12-5-6-13;1-3-8(2)4-6-10-7-5-9/h1-4,13H,5-6H2,(H,12,14);8-9H,3-7H2,1-2H3. The molecule has 0 aliphatic carbocycles. The summed E-state index contributed by atoms with van der Waals surface area (Å²) in [6.45, 7) is 5.97. The molecule has 0 saturated carbocycles. The van der Waals surface area contributed by atoms with E-state index < -0.39 is 0 Å². The van der Waals surface area contributed by atoms with Crippen LogP contribution in [0, 0.1) is 16.6 Å². The Balaban J connectivity index is 0.000000504. The van der Waals surface area contributed by atoms with E-state index in [0.29, 0.717) is 12.2 Å². The normalized spacial score (nSPS) is 11.0. The number of nitriles is 1. The summed E-state index contributed by atoms with van der Waals surface area (Å²) in [6.07, 6.45) is 2.32. The lowest BCUT2D eigenvalue weighted by Crippen LogP contribution is -2.26. The number of carbonyl (C=O) groups excluding carboxylic acids is 1. The molecule has 7 heteroatoms. The lowest BCUT2D eigenvalue weighted by atomic mass is 10.1. The summed E-state index contributed by atoms with van der Waals surface area (Å²) in [5, 5.41) is 29.8. The Bertz CT molecular complexity index is 503. The number of carbonyl (C=O) groups is 1. The number of hydrogen-bond acceptors (Lipinski definition) is 6. The lowest BCUT2D eigenvalue weighted by Gasteiger charge is -2.07. The summed E-state index contributed by atoms with van der Waals surface area (Å²) >= 11 is 1.05. The largest absolute Gasteiger partial charge is 0.395 e. The highest BCUT2D eigenvalue weighted by Gasteiger charge is 2.03. The van der Waals surface area contributed by atoms with E-state index in [2.05, 4.69) is 19.2 Å². The lowest BCUT2D eigenvalue weighted by molar-refractivity contribution is 0.0839. The van der Waals surface area contributed by atoms with E-state index >= 15 is 0 Å². The summed E-state index contributed by atoms with van der Waals surface area (Å²) < 4.78 is 5.11. The van der Waals surface area contributed by atoms with Gasteiger partial charge in [-0.2, -0.15) is 5.26 Å². The van der Waals surface area contributed by atoms with Crippen LogP contribution in [0.3, 0.4) is 0 Å². The fourth-order valence-electron chi connectivity index (χ4n) is 1.65. The minimum absolute atomic E-state index is 0.0753. The molecule has 0 heterocycles. The van der Waals surface area contributed by atoms with Crippen molar-refractivity contribution in [2.24, 2.45) is 5.92 Å². The summed E-state index contributed by atoms with van der Waals surface area (Å²) in [4.78, 5) is 12.2. The zero-order valence-electron chi connectivity index (χ0n) is 14.9. The molecule has 1 atom stereocenters. The Morgan fingerprint density at radius 1 is 1.28 bits per heavy atom. The fraction of sp³-hybridized carbons (Fsp3) is 0.556. The summed E-state index contributed by atoms with van der Waals surface area (Å²) in [5.74, 6) is 0.524. The summed E-state index contributed by atoms with van der Waals surface area (Å²) in [6, 6.07) is 6.71. The van der Waals surface area contributed by atoms with Crippen LogP contribution in [0.15, 0.2) is 29.2 Å². The highest BCUT2D eigenvalue weighted by molar-refractivity contribution is 8.03. The molecule has 3 N–H and O–H groups in total. The number of rotatable bonds is 10. The van der Waals surface area contributed by atoms with Crippen LogP contribution in [0.25, 0.3) is 0 Å². The topological polar surface area (TPSA) is 103 Å². The van der Waals surface area contributed by atoms with Crippen molar-refractivity contribution in [2.45, 2.75) is 31.6 Å². The maximum Gasteiger partial charge on any atom is 0.251 e. The average Bonchev–Trinajstić information content (AvgIpc) is 2.64. The number of hydrogen-bond donors (Lipinski definition) is 3. The molecule has 1 unspecified atom stereocenters. The van der Waals surface area contributed by atoms with Gasteiger partial charge >= 0.3 is 0 Å². The number of ether oxygens (including phenoxy) is 1. The third kappa shape index (κ3) is 12.4. The van der Waals surface area contributed by atoms with Crippen molar-refractivity contribution in [1.29, 1.82) is 5.26 Å². The van der Waals surface area contributed by atoms with Crippen LogP contribution in [0.2, 0.25) is 0 Å². The molecule has 140 valence electrons. The third-order valence-corrected chi connectivity index (χ3v) is 3.96. The number of nitrogens with one attached hydrogen (secondary N) is 1. The Hall–Kier alpha value is -1.59. The van der Waals surface area contributed by atoms with Crippen molar-refractivity contribution in [2.75, 3.05) is 33.0 Å². The van der Waals surface area contributed by atoms with E-state index in [0.717, 1.165) is 35.6 Å². The smallest absolute Gasteiger partial charge is 0.251 e. The Labute approximate surface area is 154 Å². The van der Waals surface area contributed by atoms with Crippen LogP contribution in [0.4, 0.5) is 0 Å². The molecule has 0 bridgehead atoms. The van der Waals surface area contributed by atoms with Crippen molar-refractivity contribution in [3.63, 3.8) is 0 Å². The monoisotopic (exact) mass is 368 g/mol. The molecule has 0 aliphatic rings. The molecule has 1 rings (SSSR count). The van der Waals surface area contributed by atoms with Crippen LogP contribution >= 0.6 is 11.8 Å². The van der Waals surface area contributed by atoms with Gasteiger partial charge in [0.15, 0.2) is 0 Å². The van der Waals surface area contributed by atoms with Gasteiger partial charge in [0.05, 0.1) is 19.8 Å². The van der Waals surface area contributed by atoms with Crippen LogP contribution in [-0.4, -0.2) is 49.1 Å². The van der Waals surface area contributed by atoms with E-state index in [1.54, 1.807) is 24.3 Å². The maximum atomic E-state index is 11.4. The van der Waals surface area contributed by atoms with Gasteiger partial charge < -0.3 is 20.3 Å². The molecule has 1 aromatic rings. The number of amides is 1. The van der Waals surface area contributed by atoms with Gasteiger partial charge in [0, 0.05) is 23.6 Å². The van der Waals surface area contributed by atoms with E-state index in [9.17, 15) is 4.79 Å². The second kappa shape index (κ2) is 15.9.